The number of aliphatic hydroxyl groups excluding tert-OH is 1. The minimum absolute atomic E-state index is 0.190. The molecule has 0 atom stereocenters. The number of nitrogen functional groups attached to an aromatic ring is 1. The van der Waals surface area contributed by atoms with Crippen LogP contribution in [-0.2, 0) is 11.8 Å². The highest BCUT2D eigenvalue weighted by Crippen LogP contribution is 2.28. The van der Waals surface area contributed by atoms with E-state index in [4.69, 9.17) is 27.0 Å². The molecule has 11 heteroatoms. The van der Waals surface area contributed by atoms with Gasteiger partial charge in [-0.1, -0.05) is 67.9 Å². The zero-order valence-electron chi connectivity index (χ0n) is 21.1. The van der Waals surface area contributed by atoms with Crippen molar-refractivity contribution in [2.45, 2.75) is 32.6 Å². The molecule has 1 amide bonds. The number of rotatable bonds is 6. The normalized spacial score (nSPS) is 10.9. The molecule has 37 heavy (non-hydrogen) atoms. The summed E-state index contributed by atoms with van der Waals surface area (Å²) in [7, 11) is 1.54. The number of carbonyl (C=O) groups is 1. The van der Waals surface area contributed by atoms with Crippen molar-refractivity contribution in [1.82, 2.24) is 25.4 Å². The first-order valence-electron chi connectivity index (χ1n) is 11.5. The second kappa shape index (κ2) is 12.3. The van der Waals surface area contributed by atoms with Gasteiger partial charge in [0.2, 0.25) is 5.95 Å². The lowest BCUT2D eigenvalue weighted by atomic mass is 9.96. The predicted octanol–water partition coefficient (Wildman–Crippen LogP) is 4.38. The van der Waals surface area contributed by atoms with E-state index in [9.17, 15) is 4.79 Å². The third-order valence-corrected chi connectivity index (χ3v) is 5.40. The number of carbonyl (C=O) groups excluding carboxylic acids is 1. The summed E-state index contributed by atoms with van der Waals surface area (Å²) in [5.41, 5.74) is 8.41. The van der Waals surface area contributed by atoms with Gasteiger partial charge in [0, 0.05) is 31.0 Å². The summed E-state index contributed by atoms with van der Waals surface area (Å²) in [6.45, 7) is 6.18. The number of hydrogen-bond acceptors (Lipinski definition) is 9. The molecule has 0 unspecified atom stereocenters. The van der Waals surface area contributed by atoms with Crippen molar-refractivity contribution in [3.63, 3.8) is 0 Å². The van der Waals surface area contributed by atoms with E-state index in [0.29, 0.717) is 27.7 Å². The molecule has 4 rings (SSSR count). The Morgan fingerprint density at radius 2 is 1.86 bits per heavy atom. The molecule has 2 heterocycles. The number of benzene rings is 2. The number of halogens is 1. The standard InChI is InChI=1S/C18H20ClN7O2.C8H10O/c1-18(2,3)16-25-15(28-26-16)11-8-22-17(24-13(11)20)23-9-5-6-10(12(19)7-9)14(27)21-4;9-7-6-8-4-2-1-3-5-8/h5-8H,1-4H3,(H,21,27)(H3,20,22,23,24);1-5,9H,6-7H2. The van der Waals surface area contributed by atoms with Crippen LogP contribution in [0.2, 0.25) is 5.02 Å². The van der Waals surface area contributed by atoms with E-state index < -0.39 is 0 Å². The van der Waals surface area contributed by atoms with Gasteiger partial charge in [-0.25, -0.2) is 4.98 Å². The first-order valence-corrected chi connectivity index (χ1v) is 11.9. The van der Waals surface area contributed by atoms with Crippen molar-refractivity contribution in [2.24, 2.45) is 0 Å². The third kappa shape index (κ3) is 7.48. The summed E-state index contributed by atoms with van der Waals surface area (Å²) in [6, 6.07) is 14.8. The number of nitrogens with two attached hydrogens (primary N) is 1. The van der Waals surface area contributed by atoms with E-state index in [1.807, 2.05) is 51.1 Å². The van der Waals surface area contributed by atoms with Gasteiger partial charge in [-0.2, -0.15) is 9.97 Å². The molecule has 0 saturated heterocycles. The van der Waals surface area contributed by atoms with Crippen molar-refractivity contribution >= 4 is 35.0 Å². The Morgan fingerprint density at radius 1 is 1.14 bits per heavy atom. The van der Waals surface area contributed by atoms with Crippen LogP contribution >= 0.6 is 11.6 Å². The fourth-order valence-electron chi connectivity index (χ4n) is 3.07. The van der Waals surface area contributed by atoms with Crippen LogP contribution in [0.3, 0.4) is 0 Å². The highest BCUT2D eigenvalue weighted by Gasteiger charge is 2.23. The molecule has 2 aromatic heterocycles. The minimum atomic E-state index is -0.268. The molecule has 0 aliphatic rings. The monoisotopic (exact) mass is 523 g/mol. The maximum Gasteiger partial charge on any atom is 0.263 e. The minimum Gasteiger partial charge on any atom is -0.396 e. The van der Waals surface area contributed by atoms with Crippen LogP contribution < -0.4 is 16.4 Å². The Hall–Kier alpha value is -4.02. The van der Waals surface area contributed by atoms with Gasteiger partial charge in [0.05, 0.1) is 10.6 Å². The third-order valence-electron chi connectivity index (χ3n) is 5.09. The number of aliphatic hydroxyl groups is 1. The number of hydrogen-bond donors (Lipinski definition) is 4. The molecule has 5 N–H and O–H groups in total. The van der Waals surface area contributed by atoms with Gasteiger partial charge in [0.25, 0.3) is 11.8 Å². The molecule has 0 fully saturated rings. The van der Waals surface area contributed by atoms with Gasteiger partial charge >= 0.3 is 0 Å². The van der Waals surface area contributed by atoms with Crippen LogP contribution in [-0.4, -0.2) is 44.8 Å². The number of nitrogens with zero attached hydrogens (tertiary/aromatic N) is 4. The molecule has 0 spiro atoms. The molecule has 0 bridgehead atoms. The van der Waals surface area contributed by atoms with E-state index >= 15 is 0 Å². The van der Waals surface area contributed by atoms with Crippen LogP contribution in [0.5, 0.6) is 0 Å². The zero-order valence-corrected chi connectivity index (χ0v) is 21.9. The summed E-state index contributed by atoms with van der Waals surface area (Å²) in [4.78, 5) is 24.5. The van der Waals surface area contributed by atoms with Gasteiger partial charge in [0.1, 0.15) is 11.4 Å². The van der Waals surface area contributed by atoms with Crippen LogP contribution in [0.15, 0.2) is 59.3 Å². The molecule has 0 radical (unpaired) electrons. The Bertz CT molecular complexity index is 1340. The molecule has 0 aliphatic heterocycles. The van der Waals surface area contributed by atoms with Crippen molar-refractivity contribution in [2.75, 3.05) is 24.7 Å². The van der Waals surface area contributed by atoms with E-state index in [0.717, 1.165) is 6.42 Å². The molecule has 10 nitrogen and oxygen atoms in total. The lowest BCUT2D eigenvalue weighted by Gasteiger charge is -2.11. The largest absolute Gasteiger partial charge is 0.396 e. The molecular formula is C26H30ClN7O3. The van der Waals surface area contributed by atoms with Crippen molar-refractivity contribution in [1.29, 1.82) is 0 Å². The van der Waals surface area contributed by atoms with Gasteiger partial charge in [-0.05, 0) is 30.2 Å². The van der Waals surface area contributed by atoms with Gasteiger partial charge in [-0.15, -0.1) is 0 Å². The highest BCUT2D eigenvalue weighted by atomic mass is 35.5. The van der Waals surface area contributed by atoms with E-state index in [1.165, 1.54) is 18.8 Å². The van der Waals surface area contributed by atoms with E-state index in [-0.39, 0.29) is 35.6 Å². The summed E-state index contributed by atoms with van der Waals surface area (Å²) < 4.78 is 5.28. The number of amides is 1. The predicted molar refractivity (Wildman–Crippen MR) is 144 cm³/mol. The Kier molecular flexibility index (Phi) is 9.15. The van der Waals surface area contributed by atoms with Crippen molar-refractivity contribution < 1.29 is 14.4 Å². The number of nitrogens with one attached hydrogen (secondary N) is 2. The molecule has 194 valence electrons. The average molecular weight is 524 g/mol. The fraction of sp³-hybridized carbons (Fsp3) is 0.269. The Labute approximate surface area is 220 Å². The zero-order chi connectivity index (χ0) is 27.0. The summed E-state index contributed by atoms with van der Waals surface area (Å²) in [5, 5.41) is 18.3. The smallest absolute Gasteiger partial charge is 0.263 e. The van der Waals surface area contributed by atoms with Crippen LogP contribution in [0.4, 0.5) is 17.5 Å². The molecule has 0 saturated carbocycles. The topological polar surface area (TPSA) is 152 Å². The summed E-state index contributed by atoms with van der Waals surface area (Å²) >= 11 is 6.15. The Morgan fingerprint density at radius 3 is 2.43 bits per heavy atom. The first kappa shape index (κ1) is 27.6. The number of aromatic nitrogens is 4. The van der Waals surface area contributed by atoms with Gasteiger partial charge in [0.15, 0.2) is 5.82 Å². The fourth-order valence-corrected chi connectivity index (χ4v) is 3.34. The van der Waals surface area contributed by atoms with Crippen LogP contribution in [0, 0.1) is 0 Å². The van der Waals surface area contributed by atoms with E-state index in [2.05, 4.69) is 30.7 Å². The lowest BCUT2D eigenvalue weighted by molar-refractivity contribution is 0.0963. The maximum atomic E-state index is 11.7. The summed E-state index contributed by atoms with van der Waals surface area (Å²) in [6.07, 6.45) is 2.27. The summed E-state index contributed by atoms with van der Waals surface area (Å²) in [5.74, 6) is 1.01. The SMILES string of the molecule is CNC(=O)c1ccc(Nc2ncc(-c3nc(C(C)(C)C)no3)c(N)n2)cc1Cl.OCCc1ccccc1. The second-order valence-electron chi connectivity index (χ2n) is 9.02. The average Bonchev–Trinajstić information content (AvgIpc) is 3.36. The van der Waals surface area contributed by atoms with Gasteiger partial charge in [-0.3, -0.25) is 4.79 Å². The van der Waals surface area contributed by atoms with Crippen molar-refractivity contribution in [3.8, 4) is 11.5 Å². The molecule has 2 aromatic carbocycles. The van der Waals surface area contributed by atoms with Crippen molar-refractivity contribution in [3.05, 3.63) is 76.7 Å². The second-order valence-corrected chi connectivity index (χ2v) is 9.43. The maximum absolute atomic E-state index is 11.7. The Balaban J connectivity index is 0.000000356. The van der Waals surface area contributed by atoms with E-state index in [1.54, 1.807) is 18.2 Å². The van der Waals surface area contributed by atoms with Crippen LogP contribution in [0.25, 0.3) is 11.5 Å². The number of anilines is 3. The molecule has 4 aromatic rings. The van der Waals surface area contributed by atoms with Crippen LogP contribution in [0.1, 0.15) is 42.5 Å². The molecular weight excluding hydrogens is 494 g/mol. The van der Waals surface area contributed by atoms with Gasteiger partial charge < -0.3 is 26.0 Å². The molecule has 0 aliphatic carbocycles. The first-order chi connectivity index (χ1) is 17.6. The lowest BCUT2D eigenvalue weighted by Crippen LogP contribution is -2.18. The highest BCUT2D eigenvalue weighted by molar-refractivity contribution is 6.34. The quantitative estimate of drug-likeness (QED) is 0.288.